The average molecular weight is 256 g/mol. The van der Waals surface area contributed by atoms with Crippen LogP contribution in [-0.2, 0) is 0 Å². The molecule has 0 atom stereocenters. The first-order valence-electron chi connectivity index (χ1n) is 5.37. The van der Waals surface area contributed by atoms with Gasteiger partial charge in [-0.3, -0.25) is 0 Å². The Morgan fingerprint density at radius 3 is 2.53 bits per heavy atom. The summed E-state index contributed by atoms with van der Waals surface area (Å²) >= 11 is 0. The Morgan fingerprint density at radius 2 is 1.79 bits per heavy atom. The highest BCUT2D eigenvalue weighted by Gasteiger charge is 2.15. The van der Waals surface area contributed by atoms with Crippen molar-refractivity contribution in [3.05, 3.63) is 36.7 Å². The van der Waals surface area contributed by atoms with Gasteiger partial charge in [-0.1, -0.05) is 5.16 Å². The molecule has 2 heterocycles. The quantitative estimate of drug-likeness (QED) is 0.717. The van der Waals surface area contributed by atoms with E-state index in [1.165, 1.54) is 18.2 Å². The number of aromatic hydroxyl groups is 2. The van der Waals surface area contributed by atoms with Crippen molar-refractivity contribution in [2.75, 3.05) is 0 Å². The largest absolute Gasteiger partial charge is 0.508 e. The zero-order chi connectivity index (χ0) is 13.2. The maximum Gasteiger partial charge on any atom is 0.262 e. The van der Waals surface area contributed by atoms with E-state index in [-0.39, 0.29) is 23.2 Å². The molecule has 3 rings (SSSR count). The summed E-state index contributed by atoms with van der Waals surface area (Å²) in [5, 5.41) is 22.7. The Labute approximate surface area is 107 Å². The lowest BCUT2D eigenvalue weighted by Gasteiger charge is -1.98. The van der Waals surface area contributed by atoms with Crippen molar-refractivity contribution in [1.29, 1.82) is 0 Å². The van der Waals surface area contributed by atoms with Crippen molar-refractivity contribution in [2.24, 2.45) is 0 Å². The Kier molecular flexibility index (Phi) is 2.57. The van der Waals surface area contributed by atoms with Crippen LogP contribution in [-0.4, -0.2) is 30.3 Å². The average Bonchev–Trinajstić information content (AvgIpc) is 2.89. The summed E-state index contributed by atoms with van der Waals surface area (Å²) in [5.74, 6) is 0.482. The molecular weight excluding hydrogens is 248 g/mol. The molecule has 0 saturated heterocycles. The zero-order valence-electron chi connectivity index (χ0n) is 9.56. The Bertz CT molecular complexity index is 712. The van der Waals surface area contributed by atoms with Gasteiger partial charge in [-0.25, -0.2) is 9.97 Å². The van der Waals surface area contributed by atoms with E-state index in [2.05, 4.69) is 20.1 Å². The van der Waals surface area contributed by atoms with Crippen molar-refractivity contribution in [3.8, 4) is 34.6 Å². The molecule has 0 aliphatic carbocycles. The smallest absolute Gasteiger partial charge is 0.262 e. The highest BCUT2D eigenvalue weighted by molar-refractivity contribution is 5.64. The third-order valence-corrected chi connectivity index (χ3v) is 2.40. The molecular formula is C12H8N4O3. The van der Waals surface area contributed by atoms with Crippen LogP contribution in [0.5, 0.6) is 11.5 Å². The van der Waals surface area contributed by atoms with Crippen molar-refractivity contribution < 1.29 is 14.7 Å². The SMILES string of the molecule is Oc1ccc(-c2nc(-c3ncccn3)no2)c(O)c1. The van der Waals surface area contributed by atoms with Crippen LogP contribution in [0.3, 0.4) is 0 Å². The molecule has 19 heavy (non-hydrogen) atoms. The van der Waals surface area contributed by atoms with Gasteiger partial charge in [-0.05, 0) is 18.2 Å². The van der Waals surface area contributed by atoms with Crippen LogP contribution in [0.25, 0.3) is 23.1 Å². The molecule has 94 valence electrons. The van der Waals surface area contributed by atoms with Crippen molar-refractivity contribution in [2.45, 2.75) is 0 Å². The summed E-state index contributed by atoms with van der Waals surface area (Å²) in [7, 11) is 0. The van der Waals surface area contributed by atoms with E-state index < -0.39 is 0 Å². The molecule has 0 spiro atoms. The first kappa shape index (κ1) is 11.1. The van der Waals surface area contributed by atoms with Crippen LogP contribution in [0, 0.1) is 0 Å². The summed E-state index contributed by atoms with van der Waals surface area (Å²) in [6.45, 7) is 0. The van der Waals surface area contributed by atoms with Crippen LogP contribution in [0.15, 0.2) is 41.2 Å². The minimum atomic E-state index is -0.149. The van der Waals surface area contributed by atoms with Crippen molar-refractivity contribution >= 4 is 0 Å². The number of aromatic nitrogens is 4. The summed E-state index contributed by atoms with van der Waals surface area (Å²) < 4.78 is 5.04. The molecule has 0 fully saturated rings. The standard InChI is InChI=1S/C12H8N4O3/c17-7-2-3-8(9(18)6-7)12-15-11(16-19-12)10-13-4-1-5-14-10/h1-6,17-18H. The summed E-state index contributed by atoms with van der Waals surface area (Å²) in [5.41, 5.74) is 0.326. The number of phenols is 2. The first-order chi connectivity index (χ1) is 9.24. The zero-order valence-corrected chi connectivity index (χ0v) is 9.56. The molecule has 7 heteroatoms. The van der Waals surface area contributed by atoms with Crippen molar-refractivity contribution in [1.82, 2.24) is 20.1 Å². The minimum absolute atomic E-state index is 0.0487. The second kappa shape index (κ2) is 4.37. The van der Waals surface area contributed by atoms with E-state index >= 15 is 0 Å². The maximum atomic E-state index is 9.71. The predicted octanol–water partition coefficient (Wildman–Crippen LogP) is 1.60. The van der Waals surface area contributed by atoms with Gasteiger partial charge in [-0.15, -0.1) is 0 Å². The molecule has 0 aliphatic heterocycles. The van der Waals surface area contributed by atoms with E-state index in [0.717, 1.165) is 0 Å². The molecule has 0 saturated carbocycles. The lowest BCUT2D eigenvalue weighted by Crippen LogP contribution is -1.88. The molecule has 0 amide bonds. The predicted molar refractivity (Wildman–Crippen MR) is 64.1 cm³/mol. The number of hydrogen-bond donors (Lipinski definition) is 2. The van der Waals surface area contributed by atoms with Crippen LogP contribution < -0.4 is 0 Å². The maximum absolute atomic E-state index is 9.71. The Hall–Kier alpha value is -2.96. The van der Waals surface area contributed by atoms with E-state index in [0.29, 0.717) is 11.4 Å². The molecule has 3 aromatic rings. The topological polar surface area (TPSA) is 105 Å². The van der Waals surface area contributed by atoms with E-state index in [9.17, 15) is 10.2 Å². The van der Waals surface area contributed by atoms with Gasteiger partial charge in [0.05, 0.1) is 5.56 Å². The Balaban J connectivity index is 2.02. The highest BCUT2D eigenvalue weighted by Crippen LogP contribution is 2.31. The third-order valence-electron chi connectivity index (χ3n) is 2.40. The van der Waals surface area contributed by atoms with Gasteiger partial charge in [-0.2, -0.15) is 4.98 Å². The second-order valence-corrected chi connectivity index (χ2v) is 3.70. The fourth-order valence-electron chi connectivity index (χ4n) is 1.54. The lowest BCUT2D eigenvalue weighted by atomic mass is 10.2. The van der Waals surface area contributed by atoms with Gasteiger partial charge in [0, 0.05) is 18.5 Å². The number of hydrogen-bond acceptors (Lipinski definition) is 7. The molecule has 2 N–H and O–H groups in total. The van der Waals surface area contributed by atoms with Gasteiger partial charge in [0.1, 0.15) is 11.5 Å². The van der Waals surface area contributed by atoms with Crippen LogP contribution in [0.2, 0.25) is 0 Å². The van der Waals surface area contributed by atoms with Crippen LogP contribution in [0.1, 0.15) is 0 Å². The molecule has 1 aromatic carbocycles. The fourth-order valence-corrected chi connectivity index (χ4v) is 1.54. The van der Waals surface area contributed by atoms with E-state index in [1.807, 2.05) is 0 Å². The van der Waals surface area contributed by atoms with Crippen LogP contribution in [0.4, 0.5) is 0 Å². The van der Waals surface area contributed by atoms with E-state index in [4.69, 9.17) is 4.52 Å². The Morgan fingerprint density at radius 1 is 1.00 bits per heavy atom. The minimum Gasteiger partial charge on any atom is -0.508 e. The number of rotatable bonds is 2. The number of benzene rings is 1. The summed E-state index contributed by atoms with van der Waals surface area (Å²) in [6, 6.07) is 5.76. The molecule has 0 aliphatic rings. The van der Waals surface area contributed by atoms with Gasteiger partial charge < -0.3 is 14.7 Å². The molecule has 0 bridgehead atoms. The third kappa shape index (κ3) is 2.08. The number of phenolic OH excluding ortho intramolecular Hbond substituents is 2. The van der Waals surface area contributed by atoms with Crippen LogP contribution >= 0.6 is 0 Å². The first-order valence-corrected chi connectivity index (χ1v) is 5.37. The molecule has 0 radical (unpaired) electrons. The molecule has 0 unspecified atom stereocenters. The normalized spacial score (nSPS) is 10.5. The van der Waals surface area contributed by atoms with Crippen molar-refractivity contribution in [3.63, 3.8) is 0 Å². The fraction of sp³-hybridized carbons (Fsp3) is 0. The molecule has 7 nitrogen and oxygen atoms in total. The monoisotopic (exact) mass is 256 g/mol. The van der Waals surface area contributed by atoms with Gasteiger partial charge in [0.2, 0.25) is 11.6 Å². The second-order valence-electron chi connectivity index (χ2n) is 3.70. The highest BCUT2D eigenvalue weighted by atomic mass is 16.5. The van der Waals surface area contributed by atoms with Gasteiger partial charge >= 0.3 is 0 Å². The van der Waals surface area contributed by atoms with Gasteiger partial charge in [0.25, 0.3) is 5.89 Å². The van der Waals surface area contributed by atoms with E-state index in [1.54, 1.807) is 18.5 Å². The summed E-state index contributed by atoms with van der Waals surface area (Å²) in [6.07, 6.45) is 3.13. The van der Waals surface area contributed by atoms with Gasteiger partial charge in [0.15, 0.2) is 0 Å². The molecule has 2 aromatic heterocycles. The lowest BCUT2D eigenvalue weighted by molar-refractivity contribution is 0.423. The summed E-state index contributed by atoms with van der Waals surface area (Å²) in [4.78, 5) is 12.1. The number of nitrogens with zero attached hydrogens (tertiary/aromatic N) is 4.